The fraction of sp³-hybridized carbons (Fsp3) is 0.333. The Hall–Kier alpha value is -3.30. The van der Waals surface area contributed by atoms with E-state index in [1.807, 2.05) is 41.8 Å². The van der Waals surface area contributed by atoms with Gasteiger partial charge in [0.25, 0.3) is 0 Å². The van der Waals surface area contributed by atoms with Crippen LogP contribution in [0.3, 0.4) is 0 Å². The van der Waals surface area contributed by atoms with Gasteiger partial charge < -0.3 is 19.3 Å². The van der Waals surface area contributed by atoms with Gasteiger partial charge in [0.1, 0.15) is 5.75 Å². The molecule has 1 fully saturated rings. The second-order valence-electron chi connectivity index (χ2n) is 7.85. The lowest BCUT2D eigenvalue weighted by atomic mass is 10.2. The number of carbonyl (C=O) groups excluding carboxylic acids is 2. The number of hydrogen-bond acceptors (Lipinski definition) is 7. The molecule has 0 saturated carbocycles. The molecule has 2 aromatic heterocycles. The molecule has 33 heavy (non-hydrogen) atoms. The number of benzene rings is 1. The molecule has 0 aliphatic carbocycles. The van der Waals surface area contributed by atoms with Crippen molar-refractivity contribution in [3.05, 3.63) is 76.5 Å². The summed E-state index contributed by atoms with van der Waals surface area (Å²) in [6.45, 7) is 1.55. The van der Waals surface area contributed by atoms with E-state index in [1.165, 1.54) is 11.3 Å². The first kappa shape index (κ1) is 22.9. The topological polar surface area (TPSA) is 84.9 Å². The van der Waals surface area contributed by atoms with Gasteiger partial charge in [0, 0.05) is 37.4 Å². The summed E-state index contributed by atoms with van der Waals surface area (Å²) in [5.74, 6) is 0.526. The lowest BCUT2D eigenvalue weighted by Gasteiger charge is -2.25. The lowest BCUT2D eigenvalue weighted by Crippen LogP contribution is -2.40. The molecule has 8 nitrogen and oxygen atoms in total. The summed E-state index contributed by atoms with van der Waals surface area (Å²) in [6, 6.07) is 11.4. The van der Waals surface area contributed by atoms with Crippen molar-refractivity contribution in [2.24, 2.45) is 0 Å². The van der Waals surface area contributed by atoms with Crippen molar-refractivity contribution in [3.8, 4) is 5.75 Å². The predicted molar refractivity (Wildman–Crippen MR) is 124 cm³/mol. The summed E-state index contributed by atoms with van der Waals surface area (Å²) in [4.78, 5) is 37.7. The van der Waals surface area contributed by atoms with E-state index >= 15 is 0 Å². The van der Waals surface area contributed by atoms with Gasteiger partial charge in [-0.3, -0.25) is 14.6 Å². The molecule has 1 aromatic carbocycles. The molecule has 0 spiro atoms. The number of aromatic nitrogens is 2. The van der Waals surface area contributed by atoms with Crippen molar-refractivity contribution < 1.29 is 19.1 Å². The highest BCUT2D eigenvalue weighted by Crippen LogP contribution is 2.17. The van der Waals surface area contributed by atoms with Crippen molar-refractivity contribution in [2.45, 2.75) is 25.7 Å². The SMILES string of the molecule is COc1ccc(CN2CC(OCc3cccnc3)CN(C(=O)Cc3cscn3)CC2=O)cc1. The second-order valence-corrected chi connectivity index (χ2v) is 8.57. The van der Waals surface area contributed by atoms with Crippen LogP contribution in [0.2, 0.25) is 0 Å². The molecule has 3 aromatic rings. The zero-order chi connectivity index (χ0) is 23.0. The molecule has 1 unspecified atom stereocenters. The van der Waals surface area contributed by atoms with E-state index in [4.69, 9.17) is 9.47 Å². The van der Waals surface area contributed by atoms with Gasteiger partial charge in [-0.25, -0.2) is 4.98 Å². The first-order valence-corrected chi connectivity index (χ1v) is 11.6. The highest BCUT2D eigenvalue weighted by molar-refractivity contribution is 7.07. The minimum absolute atomic E-state index is 0.0197. The third kappa shape index (κ3) is 6.36. The third-order valence-corrected chi connectivity index (χ3v) is 6.07. The summed E-state index contributed by atoms with van der Waals surface area (Å²) in [5, 5.41) is 1.85. The number of ether oxygens (including phenoxy) is 2. The molecule has 172 valence electrons. The van der Waals surface area contributed by atoms with Gasteiger partial charge in [0.2, 0.25) is 11.8 Å². The smallest absolute Gasteiger partial charge is 0.242 e. The van der Waals surface area contributed by atoms with Crippen LogP contribution < -0.4 is 4.74 Å². The Balaban J connectivity index is 1.48. The fourth-order valence-corrected chi connectivity index (χ4v) is 4.23. The van der Waals surface area contributed by atoms with Crippen LogP contribution in [-0.2, 0) is 33.9 Å². The average Bonchev–Trinajstić information content (AvgIpc) is 3.29. The van der Waals surface area contributed by atoms with Gasteiger partial charge in [-0.2, -0.15) is 0 Å². The highest BCUT2D eigenvalue weighted by Gasteiger charge is 2.31. The van der Waals surface area contributed by atoms with Gasteiger partial charge in [0.15, 0.2) is 0 Å². The predicted octanol–water partition coefficient (Wildman–Crippen LogP) is 2.55. The van der Waals surface area contributed by atoms with Crippen LogP contribution in [0, 0.1) is 0 Å². The number of pyridine rings is 1. The van der Waals surface area contributed by atoms with Crippen molar-refractivity contribution in [3.63, 3.8) is 0 Å². The van der Waals surface area contributed by atoms with Crippen LogP contribution in [-0.4, -0.2) is 64.4 Å². The minimum Gasteiger partial charge on any atom is -0.497 e. The van der Waals surface area contributed by atoms with Crippen LogP contribution in [0.15, 0.2) is 59.7 Å². The molecule has 0 radical (unpaired) electrons. The molecule has 0 bridgehead atoms. The Morgan fingerprint density at radius 3 is 2.73 bits per heavy atom. The molecule has 2 amide bonds. The van der Waals surface area contributed by atoms with E-state index in [9.17, 15) is 9.59 Å². The molecule has 3 heterocycles. The highest BCUT2D eigenvalue weighted by atomic mass is 32.1. The Kier molecular flexibility index (Phi) is 7.64. The molecule has 9 heteroatoms. The second kappa shape index (κ2) is 11.0. The molecule has 1 atom stereocenters. The number of carbonyl (C=O) groups is 2. The summed E-state index contributed by atoms with van der Waals surface area (Å²) < 4.78 is 11.4. The quantitative estimate of drug-likeness (QED) is 0.507. The van der Waals surface area contributed by atoms with E-state index < -0.39 is 0 Å². The molecule has 1 aliphatic heterocycles. The van der Waals surface area contributed by atoms with Gasteiger partial charge >= 0.3 is 0 Å². The standard InChI is InChI=1S/C24H26N4O4S/c1-31-21-6-4-18(5-7-21)11-27-12-22(32-15-19-3-2-8-25-10-19)13-28(14-24(27)30)23(29)9-20-16-33-17-26-20/h2-8,10,16-17,22H,9,11-15H2,1H3. The van der Waals surface area contributed by atoms with Crippen LogP contribution in [0.5, 0.6) is 5.75 Å². The summed E-state index contributed by atoms with van der Waals surface area (Å²) in [5.41, 5.74) is 4.34. The van der Waals surface area contributed by atoms with Gasteiger partial charge in [-0.1, -0.05) is 18.2 Å². The van der Waals surface area contributed by atoms with E-state index in [0.29, 0.717) is 31.9 Å². The van der Waals surface area contributed by atoms with Crippen LogP contribution >= 0.6 is 11.3 Å². The Morgan fingerprint density at radius 1 is 1.18 bits per heavy atom. The number of hydrogen-bond donors (Lipinski definition) is 0. The minimum atomic E-state index is -0.325. The number of amides is 2. The Bertz CT molecular complexity index is 1040. The number of nitrogens with zero attached hydrogens (tertiary/aromatic N) is 4. The molecule has 1 aliphatic rings. The fourth-order valence-electron chi connectivity index (χ4n) is 3.67. The van der Waals surface area contributed by atoms with Crippen LogP contribution in [0.25, 0.3) is 0 Å². The third-order valence-electron chi connectivity index (χ3n) is 5.44. The van der Waals surface area contributed by atoms with E-state index in [-0.39, 0.29) is 30.9 Å². The van der Waals surface area contributed by atoms with Gasteiger partial charge in [-0.05, 0) is 29.3 Å². The average molecular weight is 467 g/mol. The van der Waals surface area contributed by atoms with Crippen LogP contribution in [0.1, 0.15) is 16.8 Å². The zero-order valence-corrected chi connectivity index (χ0v) is 19.2. The molecule has 0 N–H and O–H groups in total. The number of methoxy groups -OCH3 is 1. The monoisotopic (exact) mass is 466 g/mol. The van der Waals surface area contributed by atoms with Crippen molar-refractivity contribution in [1.82, 2.24) is 19.8 Å². The van der Waals surface area contributed by atoms with Gasteiger partial charge in [-0.15, -0.1) is 11.3 Å². The van der Waals surface area contributed by atoms with Crippen LogP contribution in [0.4, 0.5) is 0 Å². The first-order valence-electron chi connectivity index (χ1n) is 10.7. The maximum Gasteiger partial charge on any atom is 0.242 e. The Morgan fingerprint density at radius 2 is 2.03 bits per heavy atom. The number of thiazole rings is 1. The number of rotatable bonds is 8. The van der Waals surface area contributed by atoms with E-state index in [1.54, 1.807) is 34.8 Å². The van der Waals surface area contributed by atoms with E-state index in [0.717, 1.165) is 16.9 Å². The zero-order valence-electron chi connectivity index (χ0n) is 18.4. The summed E-state index contributed by atoms with van der Waals surface area (Å²) >= 11 is 1.45. The lowest BCUT2D eigenvalue weighted by molar-refractivity contribution is -0.138. The Labute approximate surface area is 196 Å². The normalized spacial score (nSPS) is 16.5. The first-order chi connectivity index (χ1) is 16.1. The van der Waals surface area contributed by atoms with Gasteiger partial charge in [0.05, 0.1) is 44.0 Å². The molecular formula is C24H26N4O4S. The maximum atomic E-state index is 13.1. The van der Waals surface area contributed by atoms with Crippen molar-refractivity contribution in [2.75, 3.05) is 26.7 Å². The molecule has 4 rings (SSSR count). The van der Waals surface area contributed by atoms with Crippen molar-refractivity contribution >= 4 is 23.2 Å². The molecule has 1 saturated heterocycles. The summed E-state index contributed by atoms with van der Waals surface area (Å²) in [6.07, 6.45) is 3.31. The summed E-state index contributed by atoms with van der Waals surface area (Å²) in [7, 11) is 1.62. The van der Waals surface area contributed by atoms with E-state index in [2.05, 4.69) is 9.97 Å². The largest absolute Gasteiger partial charge is 0.497 e. The maximum absolute atomic E-state index is 13.1. The van der Waals surface area contributed by atoms with Crippen molar-refractivity contribution in [1.29, 1.82) is 0 Å². The molecular weight excluding hydrogens is 440 g/mol.